The number of unbranched alkanes of at least 4 members (excludes halogenated alkanes) is 4. The van der Waals surface area contributed by atoms with Crippen molar-refractivity contribution in [1.29, 1.82) is 0 Å². The molecular formula is C19H28N2. The summed E-state index contributed by atoms with van der Waals surface area (Å²) in [6, 6.07) is 6.39. The van der Waals surface area contributed by atoms with Crippen molar-refractivity contribution >= 4 is 11.0 Å². The van der Waals surface area contributed by atoms with Gasteiger partial charge in [0.05, 0.1) is 22.4 Å². The lowest BCUT2D eigenvalue weighted by Gasteiger charge is -2.10. The Morgan fingerprint density at radius 1 is 0.762 bits per heavy atom. The van der Waals surface area contributed by atoms with Crippen LogP contribution in [-0.4, -0.2) is 9.97 Å². The highest BCUT2D eigenvalue weighted by Gasteiger charge is 2.08. The summed E-state index contributed by atoms with van der Waals surface area (Å²) in [4.78, 5) is 9.81. The predicted molar refractivity (Wildman–Crippen MR) is 90.7 cm³/mol. The van der Waals surface area contributed by atoms with E-state index in [-0.39, 0.29) is 0 Å². The van der Waals surface area contributed by atoms with Crippen LogP contribution >= 0.6 is 0 Å². The van der Waals surface area contributed by atoms with Crippen LogP contribution < -0.4 is 0 Å². The first-order valence-electron chi connectivity index (χ1n) is 8.50. The first-order valence-corrected chi connectivity index (χ1v) is 8.50. The molecule has 0 saturated heterocycles. The minimum absolute atomic E-state index is 1.05. The van der Waals surface area contributed by atoms with Gasteiger partial charge in [-0.05, 0) is 50.3 Å². The van der Waals surface area contributed by atoms with Crippen LogP contribution in [0.2, 0.25) is 0 Å². The van der Waals surface area contributed by atoms with Crippen LogP contribution in [0.5, 0.6) is 0 Å². The maximum absolute atomic E-state index is 4.92. The fourth-order valence-electron chi connectivity index (χ4n) is 2.70. The maximum atomic E-state index is 4.92. The van der Waals surface area contributed by atoms with Gasteiger partial charge in [0.15, 0.2) is 0 Å². The van der Waals surface area contributed by atoms with E-state index >= 15 is 0 Å². The van der Waals surface area contributed by atoms with Gasteiger partial charge in [-0.1, -0.05) is 45.6 Å². The summed E-state index contributed by atoms with van der Waals surface area (Å²) in [5.41, 5.74) is 5.82. The van der Waals surface area contributed by atoms with Crippen molar-refractivity contribution in [2.75, 3.05) is 0 Å². The van der Waals surface area contributed by atoms with E-state index in [9.17, 15) is 0 Å². The highest BCUT2D eigenvalue weighted by atomic mass is 14.8. The summed E-state index contributed by atoms with van der Waals surface area (Å²) in [5.74, 6) is 0. The second-order valence-corrected chi connectivity index (χ2v) is 6.02. The van der Waals surface area contributed by atoms with Gasteiger partial charge in [-0.15, -0.1) is 0 Å². The Morgan fingerprint density at radius 2 is 1.43 bits per heavy atom. The highest BCUT2D eigenvalue weighted by molar-refractivity contribution is 5.75. The van der Waals surface area contributed by atoms with Crippen molar-refractivity contribution in [1.82, 2.24) is 9.97 Å². The van der Waals surface area contributed by atoms with Crippen molar-refractivity contribution in [2.24, 2.45) is 0 Å². The topological polar surface area (TPSA) is 25.8 Å². The molecule has 0 unspecified atom stereocenters. The number of hydrogen-bond acceptors (Lipinski definition) is 2. The zero-order valence-electron chi connectivity index (χ0n) is 13.8. The molecule has 0 aliphatic carbocycles. The number of rotatable bonds is 8. The number of nitrogens with zero attached hydrogens (tertiary/aromatic N) is 2. The van der Waals surface area contributed by atoms with Crippen molar-refractivity contribution in [2.45, 2.75) is 72.1 Å². The smallest absolute Gasteiger partial charge is 0.0893 e. The summed E-state index contributed by atoms with van der Waals surface area (Å²) in [5, 5.41) is 0. The molecule has 1 aromatic heterocycles. The zero-order chi connectivity index (χ0) is 15.1. The molecule has 0 radical (unpaired) electrons. The fourth-order valence-corrected chi connectivity index (χ4v) is 2.70. The van der Waals surface area contributed by atoms with E-state index in [1.807, 2.05) is 0 Å². The SMILES string of the molecule is CCCCCCc1nc2cc(C)ccc2nc1CCCC. The van der Waals surface area contributed by atoms with Crippen LogP contribution in [0.15, 0.2) is 18.2 Å². The van der Waals surface area contributed by atoms with E-state index in [2.05, 4.69) is 39.0 Å². The normalized spacial score (nSPS) is 11.2. The van der Waals surface area contributed by atoms with Gasteiger partial charge in [-0.2, -0.15) is 0 Å². The minimum atomic E-state index is 1.05. The molecule has 0 fully saturated rings. The molecule has 0 bridgehead atoms. The molecule has 0 N–H and O–H groups in total. The van der Waals surface area contributed by atoms with Crippen LogP contribution in [0, 0.1) is 6.92 Å². The largest absolute Gasteiger partial charge is 0.249 e. The Balaban J connectivity index is 2.24. The van der Waals surface area contributed by atoms with Crippen molar-refractivity contribution in [3.63, 3.8) is 0 Å². The first kappa shape index (κ1) is 15.9. The van der Waals surface area contributed by atoms with E-state index in [4.69, 9.17) is 9.97 Å². The molecule has 0 aliphatic heterocycles. The number of aromatic nitrogens is 2. The zero-order valence-corrected chi connectivity index (χ0v) is 13.8. The van der Waals surface area contributed by atoms with Crippen LogP contribution in [0.1, 0.15) is 69.3 Å². The summed E-state index contributed by atoms with van der Waals surface area (Å²) >= 11 is 0. The standard InChI is InChI=1S/C19H28N2/c1-4-6-8-9-11-17-16(10-7-5-2)20-18-13-12-15(3)14-19(18)21-17/h12-14H,4-11H2,1-3H3. The second kappa shape index (κ2) is 8.11. The third-order valence-corrected chi connectivity index (χ3v) is 4.01. The van der Waals surface area contributed by atoms with Crippen LogP contribution in [0.25, 0.3) is 11.0 Å². The van der Waals surface area contributed by atoms with Crippen LogP contribution in [0.3, 0.4) is 0 Å². The molecule has 21 heavy (non-hydrogen) atoms. The van der Waals surface area contributed by atoms with Gasteiger partial charge in [0.2, 0.25) is 0 Å². The number of hydrogen-bond donors (Lipinski definition) is 0. The molecule has 2 rings (SSSR count). The summed E-state index contributed by atoms with van der Waals surface area (Å²) in [6.07, 6.45) is 9.70. The quantitative estimate of drug-likeness (QED) is 0.606. The van der Waals surface area contributed by atoms with Crippen molar-refractivity contribution in [3.8, 4) is 0 Å². The third-order valence-electron chi connectivity index (χ3n) is 4.01. The molecular weight excluding hydrogens is 256 g/mol. The first-order chi connectivity index (χ1) is 10.2. The van der Waals surface area contributed by atoms with Gasteiger partial charge >= 0.3 is 0 Å². The maximum Gasteiger partial charge on any atom is 0.0893 e. The molecule has 0 saturated carbocycles. The van der Waals surface area contributed by atoms with Crippen LogP contribution in [0.4, 0.5) is 0 Å². The Morgan fingerprint density at radius 3 is 2.14 bits per heavy atom. The molecule has 0 amide bonds. The van der Waals surface area contributed by atoms with E-state index in [0.29, 0.717) is 0 Å². The fraction of sp³-hybridized carbons (Fsp3) is 0.579. The molecule has 2 heteroatoms. The molecule has 2 aromatic rings. The van der Waals surface area contributed by atoms with Gasteiger partial charge in [-0.3, -0.25) is 0 Å². The van der Waals surface area contributed by atoms with Gasteiger partial charge in [0.25, 0.3) is 0 Å². The average molecular weight is 284 g/mol. The number of fused-ring (bicyclic) bond motifs is 1. The van der Waals surface area contributed by atoms with E-state index in [1.54, 1.807) is 0 Å². The summed E-state index contributed by atoms with van der Waals surface area (Å²) in [7, 11) is 0. The summed E-state index contributed by atoms with van der Waals surface area (Å²) < 4.78 is 0. The molecule has 0 aliphatic rings. The Kier molecular flexibility index (Phi) is 6.16. The monoisotopic (exact) mass is 284 g/mol. The Labute approximate surface area is 129 Å². The van der Waals surface area contributed by atoms with Gasteiger partial charge in [0, 0.05) is 0 Å². The molecule has 0 atom stereocenters. The predicted octanol–water partition coefficient (Wildman–Crippen LogP) is 5.40. The second-order valence-electron chi connectivity index (χ2n) is 6.02. The van der Waals surface area contributed by atoms with E-state index in [1.165, 1.54) is 55.5 Å². The van der Waals surface area contributed by atoms with E-state index < -0.39 is 0 Å². The lowest BCUT2D eigenvalue weighted by atomic mass is 10.1. The molecule has 114 valence electrons. The minimum Gasteiger partial charge on any atom is -0.249 e. The third kappa shape index (κ3) is 4.52. The van der Waals surface area contributed by atoms with Crippen LogP contribution in [-0.2, 0) is 12.8 Å². The summed E-state index contributed by atoms with van der Waals surface area (Å²) in [6.45, 7) is 6.61. The Hall–Kier alpha value is -1.44. The van der Waals surface area contributed by atoms with Crippen molar-refractivity contribution < 1.29 is 0 Å². The molecule has 1 heterocycles. The molecule has 2 nitrogen and oxygen atoms in total. The Bertz CT molecular complexity index is 575. The van der Waals surface area contributed by atoms with Gasteiger partial charge in [-0.25, -0.2) is 9.97 Å². The van der Waals surface area contributed by atoms with Crippen molar-refractivity contribution in [3.05, 3.63) is 35.2 Å². The number of benzene rings is 1. The molecule has 0 spiro atoms. The lowest BCUT2D eigenvalue weighted by molar-refractivity contribution is 0.653. The van der Waals surface area contributed by atoms with Gasteiger partial charge < -0.3 is 0 Å². The molecule has 1 aromatic carbocycles. The lowest BCUT2D eigenvalue weighted by Crippen LogP contribution is -2.03. The van der Waals surface area contributed by atoms with E-state index in [0.717, 1.165) is 23.9 Å². The number of aryl methyl sites for hydroxylation is 3. The average Bonchev–Trinajstić information content (AvgIpc) is 2.49. The van der Waals surface area contributed by atoms with Gasteiger partial charge in [0.1, 0.15) is 0 Å². The highest BCUT2D eigenvalue weighted by Crippen LogP contribution is 2.18.